The average Bonchev–Trinajstić information content (AvgIpc) is 3.68. The summed E-state index contributed by atoms with van der Waals surface area (Å²) in [5.74, 6) is 1.93. The van der Waals surface area contributed by atoms with Gasteiger partial charge < -0.3 is 4.42 Å². The fourth-order valence-corrected chi connectivity index (χ4v) is 7.82. The molecule has 0 fully saturated rings. The number of hydrogen-bond donors (Lipinski definition) is 0. The van der Waals surface area contributed by atoms with Gasteiger partial charge in [0.25, 0.3) is 0 Å². The molecule has 4 nitrogen and oxygen atoms in total. The van der Waals surface area contributed by atoms with E-state index in [0.717, 1.165) is 44.4 Å². The third-order valence-corrected chi connectivity index (χ3v) is 10.4. The minimum absolute atomic E-state index is 0.272. The summed E-state index contributed by atoms with van der Waals surface area (Å²) in [5, 5.41) is 2.34. The molecule has 0 bridgehead atoms. The van der Waals surface area contributed by atoms with Crippen LogP contribution < -0.4 is 0 Å². The number of aromatic nitrogens is 3. The van der Waals surface area contributed by atoms with Gasteiger partial charge in [-0.25, -0.2) is 15.0 Å². The molecule has 250 valence electrons. The summed E-state index contributed by atoms with van der Waals surface area (Å²) >= 11 is 0. The summed E-state index contributed by atoms with van der Waals surface area (Å²) in [4.78, 5) is 15.3. The van der Waals surface area contributed by atoms with Crippen LogP contribution in [0, 0.1) is 0 Å². The van der Waals surface area contributed by atoms with Crippen LogP contribution >= 0.6 is 0 Å². The van der Waals surface area contributed by atoms with E-state index in [9.17, 15) is 0 Å². The third-order valence-electron chi connectivity index (χ3n) is 10.4. The van der Waals surface area contributed by atoms with Gasteiger partial charge in [0.1, 0.15) is 11.2 Å². The van der Waals surface area contributed by atoms with Crippen molar-refractivity contribution in [2.45, 2.75) is 33.1 Å². The minimum Gasteiger partial charge on any atom is -0.456 e. The molecule has 2 aromatic heterocycles. The lowest BCUT2D eigenvalue weighted by atomic mass is 9.80. The Hall–Kier alpha value is -6.39. The molecule has 1 aliphatic carbocycles. The van der Waals surface area contributed by atoms with Gasteiger partial charge in [0.2, 0.25) is 0 Å². The molecule has 9 rings (SSSR count). The molecule has 6 aromatic carbocycles. The van der Waals surface area contributed by atoms with Crippen molar-refractivity contribution in [3.05, 3.63) is 168 Å². The summed E-state index contributed by atoms with van der Waals surface area (Å²) in [6, 6.07) is 46.7. The zero-order valence-electron chi connectivity index (χ0n) is 29.7. The smallest absolute Gasteiger partial charge is 0.164 e. The monoisotopic (exact) mass is 671 g/mol. The average molecular weight is 672 g/mol. The summed E-state index contributed by atoms with van der Waals surface area (Å²) in [6.45, 7) is 8.73. The van der Waals surface area contributed by atoms with Crippen molar-refractivity contribution in [1.82, 2.24) is 15.0 Å². The maximum Gasteiger partial charge on any atom is 0.164 e. The van der Waals surface area contributed by atoms with Crippen LogP contribution in [0.15, 0.2) is 156 Å². The molecule has 0 spiro atoms. The highest BCUT2D eigenvalue weighted by Gasteiger charge is 2.38. The number of allylic oxidation sites excluding steroid dienone is 4. The van der Waals surface area contributed by atoms with Crippen molar-refractivity contribution >= 4 is 27.5 Å². The number of rotatable bonds is 6. The predicted molar refractivity (Wildman–Crippen MR) is 215 cm³/mol. The highest BCUT2D eigenvalue weighted by molar-refractivity contribution is 6.11. The van der Waals surface area contributed by atoms with Crippen LogP contribution in [0.4, 0.5) is 0 Å². The van der Waals surface area contributed by atoms with Crippen molar-refractivity contribution in [3.8, 4) is 56.4 Å². The third kappa shape index (κ3) is 5.18. The molecule has 1 aliphatic rings. The van der Waals surface area contributed by atoms with Crippen LogP contribution in [-0.2, 0) is 5.41 Å². The zero-order chi connectivity index (χ0) is 35.4. The fourth-order valence-electron chi connectivity index (χ4n) is 7.82. The summed E-state index contributed by atoms with van der Waals surface area (Å²) < 4.78 is 6.31. The van der Waals surface area contributed by atoms with E-state index in [2.05, 4.69) is 160 Å². The Labute approximate surface area is 303 Å². The van der Waals surface area contributed by atoms with E-state index in [1.165, 1.54) is 38.8 Å². The molecule has 0 saturated heterocycles. The first-order chi connectivity index (χ1) is 25.4. The minimum atomic E-state index is -0.272. The topological polar surface area (TPSA) is 51.8 Å². The lowest BCUT2D eigenvalue weighted by Gasteiger charge is -2.22. The van der Waals surface area contributed by atoms with Gasteiger partial charge in [-0.2, -0.15) is 0 Å². The molecule has 0 atom stereocenters. The predicted octanol–water partition coefficient (Wildman–Crippen LogP) is 12.7. The highest BCUT2D eigenvalue weighted by Crippen LogP contribution is 2.53. The second kappa shape index (κ2) is 12.4. The van der Waals surface area contributed by atoms with Gasteiger partial charge in [-0.3, -0.25) is 0 Å². The lowest BCUT2D eigenvalue weighted by molar-refractivity contribution is 0.657. The van der Waals surface area contributed by atoms with Crippen LogP contribution in [-0.4, -0.2) is 15.0 Å². The van der Waals surface area contributed by atoms with Crippen LogP contribution in [0.25, 0.3) is 83.9 Å². The normalized spacial score (nSPS) is 13.6. The molecular formula is C48H37N3O. The quantitative estimate of drug-likeness (QED) is 0.165. The number of benzene rings is 6. The van der Waals surface area contributed by atoms with Gasteiger partial charge >= 0.3 is 0 Å². The Morgan fingerprint density at radius 3 is 1.83 bits per heavy atom. The second-order valence-electron chi connectivity index (χ2n) is 13.9. The SMILES string of the molecule is C/C=C\C(=C/C)c1ccc(-c2nc(-c3ccc(-c4ccccc4)cc3)nc(-c3ccc4c(c3)C(C)(C)c3c-4ccc4oc5ccccc5c34)n2)cc1. The van der Waals surface area contributed by atoms with Gasteiger partial charge in [0.05, 0.1) is 0 Å². The molecule has 0 N–H and O–H groups in total. The zero-order valence-corrected chi connectivity index (χ0v) is 29.7. The Bertz CT molecular complexity index is 2700. The molecule has 0 amide bonds. The van der Waals surface area contributed by atoms with Gasteiger partial charge in [0.15, 0.2) is 17.5 Å². The van der Waals surface area contributed by atoms with E-state index in [0.29, 0.717) is 17.5 Å². The van der Waals surface area contributed by atoms with E-state index < -0.39 is 0 Å². The molecule has 4 heteroatoms. The molecule has 0 unspecified atom stereocenters. The molecule has 0 saturated carbocycles. The van der Waals surface area contributed by atoms with Gasteiger partial charge in [-0.05, 0) is 76.6 Å². The first-order valence-corrected chi connectivity index (χ1v) is 17.8. The van der Waals surface area contributed by atoms with Gasteiger partial charge in [-0.1, -0.05) is 147 Å². The van der Waals surface area contributed by atoms with Gasteiger partial charge in [-0.15, -0.1) is 0 Å². The molecule has 0 aliphatic heterocycles. The van der Waals surface area contributed by atoms with Crippen molar-refractivity contribution < 1.29 is 4.42 Å². The summed E-state index contributed by atoms with van der Waals surface area (Å²) in [5.41, 5.74) is 14.1. The number of nitrogens with zero attached hydrogens (tertiary/aromatic N) is 3. The second-order valence-corrected chi connectivity index (χ2v) is 13.9. The first kappa shape index (κ1) is 31.6. The van der Waals surface area contributed by atoms with Crippen LogP contribution in [0.5, 0.6) is 0 Å². The number of furan rings is 1. The van der Waals surface area contributed by atoms with E-state index in [1.54, 1.807) is 0 Å². The molecular weight excluding hydrogens is 635 g/mol. The number of fused-ring (bicyclic) bond motifs is 7. The largest absolute Gasteiger partial charge is 0.456 e. The van der Waals surface area contributed by atoms with Crippen LogP contribution in [0.3, 0.4) is 0 Å². The Morgan fingerprint density at radius 1 is 0.558 bits per heavy atom. The fraction of sp³-hybridized carbons (Fsp3) is 0.104. The van der Waals surface area contributed by atoms with E-state index in [-0.39, 0.29) is 5.41 Å². The standard InChI is InChI=1S/C48H37N3O/c1-5-12-30(6-2)32-17-21-34(22-18-32)45-49-46(35-23-19-33(20-24-35)31-13-8-7-9-14-31)51-47(50-45)36-25-26-37-38-27-28-42-43(39-15-10-11-16-41(39)52-42)44(38)48(3,4)40(37)29-36/h5-29H,1-4H3/b12-5-,30-6+. The number of hydrogen-bond acceptors (Lipinski definition) is 4. The Kier molecular flexibility index (Phi) is 7.55. The van der Waals surface area contributed by atoms with Crippen molar-refractivity contribution in [2.24, 2.45) is 0 Å². The molecule has 52 heavy (non-hydrogen) atoms. The summed E-state index contributed by atoms with van der Waals surface area (Å²) in [7, 11) is 0. The Morgan fingerprint density at radius 2 is 1.13 bits per heavy atom. The molecule has 2 heterocycles. The van der Waals surface area contributed by atoms with Crippen molar-refractivity contribution in [1.29, 1.82) is 0 Å². The first-order valence-electron chi connectivity index (χ1n) is 17.8. The van der Waals surface area contributed by atoms with E-state index >= 15 is 0 Å². The maximum atomic E-state index is 6.31. The van der Waals surface area contributed by atoms with E-state index in [4.69, 9.17) is 19.4 Å². The Balaban J connectivity index is 1.17. The van der Waals surface area contributed by atoms with Crippen LogP contribution in [0.2, 0.25) is 0 Å². The molecule has 8 aromatic rings. The van der Waals surface area contributed by atoms with E-state index in [1.807, 2.05) is 19.1 Å². The van der Waals surface area contributed by atoms with Crippen molar-refractivity contribution in [2.75, 3.05) is 0 Å². The van der Waals surface area contributed by atoms with Crippen molar-refractivity contribution in [3.63, 3.8) is 0 Å². The summed E-state index contributed by atoms with van der Waals surface area (Å²) in [6.07, 6.45) is 6.31. The number of para-hydroxylation sites is 1. The maximum absolute atomic E-state index is 6.31. The highest BCUT2D eigenvalue weighted by atomic mass is 16.3. The van der Waals surface area contributed by atoms with Gasteiger partial charge in [0, 0.05) is 32.9 Å². The lowest BCUT2D eigenvalue weighted by Crippen LogP contribution is -2.15. The molecule has 0 radical (unpaired) electrons. The van der Waals surface area contributed by atoms with Crippen LogP contribution in [0.1, 0.15) is 44.4 Å².